The zero-order valence-electron chi connectivity index (χ0n) is 20.7. The molecular formula is C30H38N2O2. The lowest BCUT2D eigenvalue weighted by Gasteiger charge is -2.29. The molecule has 1 unspecified atom stereocenters. The van der Waals surface area contributed by atoms with Crippen molar-refractivity contribution in [3.63, 3.8) is 0 Å². The number of rotatable bonds is 12. The van der Waals surface area contributed by atoms with Crippen LogP contribution in [0.5, 0.6) is 0 Å². The Morgan fingerprint density at radius 3 is 1.74 bits per heavy atom. The highest BCUT2D eigenvalue weighted by Gasteiger charge is 2.27. The summed E-state index contributed by atoms with van der Waals surface area (Å²) in [5.74, 6) is -0.409. The van der Waals surface area contributed by atoms with Gasteiger partial charge in [-0.15, -0.1) is 0 Å². The van der Waals surface area contributed by atoms with Gasteiger partial charge in [0.2, 0.25) is 0 Å². The number of hydrogen-bond acceptors (Lipinski definition) is 4. The summed E-state index contributed by atoms with van der Waals surface area (Å²) in [5, 5.41) is 3.51. The van der Waals surface area contributed by atoms with Crippen molar-refractivity contribution in [2.24, 2.45) is 5.92 Å². The first-order valence-corrected chi connectivity index (χ1v) is 12.2. The van der Waals surface area contributed by atoms with E-state index in [1.807, 2.05) is 39.0 Å². The van der Waals surface area contributed by atoms with Crippen molar-refractivity contribution in [3.05, 3.63) is 108 Å². The number of nitrogens with one attached hydrogen (secondary N) is 1. The first kappa shape index (κ1) is 25.7. The van der Waals surface area contributed by atoms with Crippen molar-refractivity contribution in [3.8, 4) is 0 Å². The molecule has 3 aromatic rings. The Morgan fingerprint density at radius 1 is 0.794 bits per heavy atom. The molecule has 3 aromatic carbocycles. The molecule has 0 radical (unpaired) electrons. The first-order chi connectivity index (χ1) is 16.4. The van der Waals surface area contributed by atoms with Crippen LogP contribution in [0.3, 0.4) is 0 Å². The highest BCUT2D eigenvalue weighted by Crippen LogP contribution is 2.16. The normalized spacial score (nSPS) is 12.5. The quantitative estimate of drug-likeness (QED) is 0.288. The summed E-state index contributed by atoms with van der Waals surface area (Å²) in [6, 6.07) is 31.3. The minimum absolute atomic E-state index is 0.147. The van der Waals surface area contributed by atoms with Gasteiger partial charge in [-0.1, -0.05) is 91.0 Å². The number of nitrogens with zero attached hydrogens (tertiary/aromatic N) is 1. The van der Waals surface area contributed by atoms with Crippen molar-refractivity contribution in [1.82, 2.24) is 10.2 Å². The van der Waals surface area contributed by atoms with Crippen LogP contribution in [0, 0.1) is 5.92 Å². The Balaban J connectivity index is 1.69. The molecule has 4 nitrogen and oxygen atoms in total. The maximum absolute atomic E-state index is 13.2. The van der Waals surface area contributed by atoms with Crippen LogP contribution >= 0.6 is 0 Å². The van der Waals surface area contributed by atoms with E-state index in [-0.39, 0.29) is 11.9 Å². The van der Waals surface area contributed by atoms with Crippen LogP contribution in [0.2, 0.25) is 0 Å². The van der Waals surface area contributed by atoms with Gasteiger partial charge in [0.1, 0.15) is 5.60 Å². The van der Waals surface area contributed by atoms with Gasteiger partial charge < -0.3 is 10.1 Å². The number of carbonyl (C=O) groups excluding carboxylic acids is 1. The molecule has 4 heteroatoms. The third-order valence-electron chi connectivity index (χ3n) is 5.54. The van der Waals surface area contributed by atoms with E-state index >= 15 is 0 Å². The van der Waals surface area contributed by atoms with Crippen LogP contribution < -0.4 is 5.32 Å². The van der Waals surface area contributed by atoms with Gasteiger partial charge in [0.15, 0.2) is 0 Å². The first-order valence-electron chi connectivity index (χ1n) is 12.2. The summed E-state index contributed by atoms with van der Waals surface area (Å²) in [6.07, 6.45) is 0.930. The lowest BCUT2D eigenvalue weighted by atomic mass is 10.1. The maximum Gasteiger partial charge on any atom is 0.312 e. The number of esters is 1. The Labute approximate surface area is 205 Å². The predicted molar refractivity (Wildman–Crippen MR) is 139 cm³/mol. The molecular weight excluding hydrogens is 420 g/mol. The number of hydrogen-bond donors (Lipinski definition) is 1. The molecule has 1 atom stereocenters. The lowest BCUT2D eigenvalue weighted by Crippen LogP contribution is -2.41. The van der Waals surface area contributed by atoms with Crippen molar-refractivity contribution in [2.75, 3.05) is 19.6 Å². The summed E-state index contributed by atoms with van der Waals surface area (Å²) in [5.41, 5.74) is 3.25. The molecule has 0 aromatic heterocycles. The predicted octanol–water partition coefficient (Wildman–Crippen LogP) is 5.48. The van der Waals surface area contributed by atoms with Gasteiger partial charge in [-0.25, -0.2) is 0 Å². The van der Waals surface area contributed by atoms with Gasteiger partial charge in [0, 0.05) is 26.2 Å². The van der Waals surface area contributed by atoms with Gasteiger partial charge in [0.05, 0.1) is 5.92 Å². The number of benzene rings is 3. The number of ether oxygens (including phenoxy) is 1. The molecule has 0 spiro atoms. The summed E-state index contributed by atoms with van der Waals surface area (Å²) < 4.78 is 5.81. The minimum Gasteiger partial charge on any atom is -0.460 e. The second kappa shape index (κ2) is 13.1. The molecule has 34 heavy (non-hydrogen) atoms. The fraction of sp³-hybridized carbons (Fsp3) is 0.367. The van der Waals surface area contributed by atoms with Gasteiger partial charge in [-0.2, -0.15) is 0 Å². The van der Waals surface area contributed by atoms with Crippen molar-refractivity contribution >= 4 is 5.97 Å². The third-order valence-corrected chi connectivity index (χ3v) is 5.54. The molecule has 0 fully saturated rings. The molecule has 0 aliphatic heterocycles. The summed E-state index contributed by atoms with van der Waals surface area (Å²) in [7, 11) is 0. The van der Waals surface area contributed by atoms with E-state index < -0.39 is 5.60 Å². The van der Waals surface area contributed by atoms with Crippen LogP contribution in [0.15, 0.2) is 91.0 Å². The van der Waals surface area contributed by atoms with E-state index in [0.717, 1.165) is 26.1 Å². The van der Waals surface area contributed by atoms with E-state index in [4.69, 9.17) is 4.74 Å². The molecule has 0 bridgehead atoms. The molecule has 0 heterocycles. The topological polar surface area (TPSA) is 41.6 Å². The zero-order valence-corrected chi connectivity index (χ0v) is 20.7. The Kier molecular flexibility index (Phi) is 9.87. The monoisotopic (exact) mass is 458 g/mol. The average molecular weight is 459 g/mol. The van der Waals surface area contributed by atoms with Gasteiger partial charge in [0.25, 0.3) is 0 Å². The zero-order chi connectivity index (χ0) is 24.2. The van der Waals surface area contributed by atoms with Crippen LogP contribution in [0.25, 0.3) is 0 Å². The van der Waals surface area contributed by atoms with E-state index in [9.17, 15) is 4.79 Å². The lowest BCUT2D eigenvalue weighted by molar-refractivity contribution is -0.160. The van der Waals surface area contributed by atoms with E-state index in [0.29, 0.717) is 13.1 Å². The van der Waals surface area contributed by atoms with E-state index in [2.05, 4.69) is 83.0 Å². The third kappa shape index (κ3) is 9.50. The summed E-state index contributed by atoms with van der Waals surface area (Å²) in [6.45, 7) is 9.36. The van der Waals surface area contributed by atoms with Gasteiger partial charge >= 0.3 is 5.97 Å². The van der Waals surface area contributed by atoms with Crippen molar-refractivity contribution in [1.29, 1.82) is 0 Å². The Morgan fingerprint density at radius 2 is 1.26 bits per heavy atom. The van der Waals surface area contributed by atoms with Gasteiger partial charge in [-0.05, 0) is 50.4 Å². The molecule has 3 rings (SSSR count). The summed E-state index contributed by atoms with van der Waals surface area (Å²) >= 11 is 0. The largest absolute Gasteiger partial charge is 0.460 e. The molecule has 180 valence electrons. The molecule has 0 saturated carbocycles. The van der Waals surface area contributed by atoms with Crippen LogP contribution in [0.4, 0.5) is 0 Å². The maximum atomic E-state index is 13.2. The molecule has 0 amide bonds. The van der Waals surface area contributed by atoms with Crippen molar-refractivity contribution < 1.29 is 9.53 Å². The fourth-order valence-electron chi connectivity index (χ4n) is 3.94. The molecule has 0 aliphatic carbocycles. The second-order valence-electron chi connectivity index (χ2n) is 9.81. The van der Waals surface area contributed by atoms with Crippen LogP contribution in [0.1, 0.15) is 37.5 Å². The number of carbonyl (C=O) groups is 1. The smallest absolute Gasteiger partial charge is 0.312 e. The molecule has 0 aliphatic rings. The highest BCUT2D eigenvalue weighted by atomic mass is 16.6. The van der Waals surface area contributed by atoms with Crippen molar-refractivity contribution in [2.45, 2.75) is 45.9 Å². The second-order valence-corrected chi connectivity index (χ2v) is 9.81. The van der Waals surface area contributed by atoms with E-state index in [1.165, 1.54) is 16.7 Å². The van der Waals surface area contributed by atoms with Crippen LogP contribution in [-0.4, -0.2) is 36.1 Å². The Bertz CT molecular complexity index is 927. The molecule has 1 N–H and O–H groups in total. The average Bonchev–Trinajstić information content (AvgIpc) is 2.82. The standard InChI is InChI=1S/C30H38N2O2/c1-30(2,3)34-29(33)28(21-31-20-19-25-13-7-4-8-14-25)24-32(22-26-15-9-5-10-16-26)23-27-17-11-6-12-18-27/h4-18,28,31H,19-24H2,1-3H3. The Hall–Kier alpha value is -2.95. The highest BCUT2D eigenvalue weighted by molar-refractivity contribution is 5.73. The molecule has 0 saturated heterocycles. The minimum atomic E-state index is -0.511. The summed E-state index contributed by atoms with van der Waals surface area (Å²) in [4.78, 5) is 15.5. The SMILES string of the molecule is CC(C)(C)OC(=O)C(CNCCc1ccccc1)CN(Cc1ccccc1)Cc1ccccc1. The van der Waals surface area contributed by atoms with E-state index in [1.54, 1.807) is 0 Å². The van der Waals surface area contributed by atoms with Gasteiger partial charge in [-0.3, -0.25) is 9.69 Å². The fourth-order valence-corrected chi connectivity index (χ4v) is 3.94. The van der Waals surface area contributed by atoms with Crippen LogP contribution in [-0.2, 0) is 29.0 Å².